The molecular formula is C15H13N3O. The summed E-state index contributed by atoms with van der Waals surface area (Å²) in [6.07, 6.45) is 7.37. The number of fused-ring (bicyclic) bond motifs is 1. The van der Waals surface area contributed by atoms with Gasteiger partial charge in [-0.1, -0.05) is 6.07 Å². The van der Waals surface area contributed by atoms with Gasteiger partial charge in [0.15, 0.2) is 0 Å². The Morgan fingerprint density at radius 2 is 2.16 bits per heavy atom. The fourth-order valence-electron chi connectivity index (χ4n) is 2.72. The molecule has 2 aromatic heterocycles. The zero-order valence-electron chi connectivity index (χ0n) is 10.4. The van der Waals surface area contributed by atoms with Crippen LogP contribution in [0.15, 0.2) is 29.3 Å². The lowest BCUT2D eigenvalue weighted by Crippen LogP contribution is -2.20. The molecule has 2 heterocycles. The minimum absolute atomic E-state index is 0.202. The Kier molecular flexibility index (Phi) is 2.88. The van der Waals surface area contributed by atoms with Gasteiger partial charge in [0.25, 0.3) is 5.56 Å². The standard InChI is InChI=1S/C15H13N3O/c16-8-12-14(10-4-3-7-17-9-10)11-5-1-2-6-13(11)18-15(12)19/h3-4,7,9H,1-2,5-6H2,(H,18,19). The van der Waals surface area contributed by atoms with Crippen molar-refractivity contribution in [3.63, 3.8) is 0 Å². The average Bonchev–Trinajstić information content (AvgIpc) is 2.46. The topological polar surface area (TPSA) is 69.5 Å². The van der Waals surface area contributed by atoms with Gasteiger partial charge in [0, 0.05) is 29.2 Å². The van der Waals surface area contributed by atoms with Gasteiger partial charge in [-0.2, -0.15) is 5.26 Å². The van der Waals surface area contributed by atoms with Gasteiger partial charge >= 0.3 is 0 Å². The zero-order valence-corrected chi connectivity index (χ0v) is 10.4. The van der Waals surface area contributed by atoms with Crippen molar-refractivity contribution in [2.45, 2.75) is 25.7 Å². The summed E-state index contributed by atoms with van der Waals surface area (Å²) in [4.78, 5) is 19.0. The number of nitrogens with zero attached hydrogens (tertiary/aromatic N) is 2. The Morgan fingerprint density at radius 1 is 1.32 bits per heavy atom. The summed E-state index contributed by atoms with van der Waals surface area (Å²) < 4.78 is 0. The molecule has 1 aliphatic carbocycles. The molecule has 94 valence electrons. The SMILES string of the molecule is N#Cc1c(-c2cccnc2)c2c([nH]c1=O)CCCC2. The monoisotopic (exact) mass is 251 g/mol. The molecule has 0 saturated heterocycles. The first-order valence-electron chi connectivity index (χ1n) is 6.40. The third kappa shape index (κ3) is 1.93. The van der Waals surface area contributed by atoms with E-state index in [0.717, 1.165) is 48.1 Å². The zero-order chi connectivity index (χ0) is 13.2. The summed E-state index contributed by atoms with van der Waals surface area (Å²) in [7, 11) is 0. The second-order valence-corrected chi connectivity index (χ2v) is 4.72. The minimum Gasteiger partial charge on any atom is -0.325 e. The first-order chi connectivity index (χ1) is 9.31. The lowest BCUT2D eigenvalue weighted by molar-refractivity contribution is 0.666. The van der Waals surface area contributed by atoms with Gasteiger partial charge in [0.1, 0.15) is 11.6 Å². The third-order valence-electron chi connectivity index (χ3n) is 3.57. The van der Waals surface area contributed by atoms with Crippen molar-refractivity contribution >= 4 is 0 Å². The van der Waals surface area contributed by atoms with E-state index in [1.807, 2.05) is 18.2 Å². The fourth-order valence-corrected chi connectivity index (χ4v) is 2.72. The Morgan fingerprint density at radius 3 is 2.89 bits per heavy atom. The number of hydrogen-bond donors (Lipinski definition) is 1. The van der Waals surface area contributed by atoms with Crippen LogP contribution < -0.4 is 5.56 Å². The normalized spacial score (nSPS) is 13.6. The van der Waals surface area contributed by atoms with Crippen molar-refractivity contribution < 1.29 is 0 Å². The lowest BCUT2D eigenvalue weighted by Gasteiger charge is -2.19. The van der Waals surface area contributed by atoms with Crippen molar-refractivity contribution in [3.8, 4) is 17.2 Å². The van der Waals surface area contributed by atoms with Gasteiger partial charge in [-0.15, -0.1) is 0 Å². The molecule has 2 aromatic rings. The van der Waals surface area contributed by atoms with Crippen molar-refractivity contribution in [1.82, 2.24) is 9.97 Å². The van der Waals surface area contributed by atoms with Crippen LogP contribution >= 0.6 is 0 Å². The van der Waals surface area contributed by atoms with Crippen molar-refractivity contribution in [1.29, 1.82) is 5.26 Å². The predicted octanol–water partition coefficient (Wildman–Crippen LogP) is 2.19. The number of aromatic amines is 1. The van der Waals surface area contributed by atoms with Crippen LogP contribution in [0, 0.1) is 11.3 Å². The Balaban J connectivity index is 2.36. The summed E-state index contributed by atoms with van der Waals surface area (Å²) in [5.74, 6) is 0. The third-order valence-corrected chi connectivity index (χ3v) is 3.57. The summed E-state index contributed by atoms with van der Waals surface area (Å²) >= 11 is 0. The molecule has 0 spiro atoms. The molecule has 0 saturated carbocycles. The van der Waals surface area contributed by atoms with E-state index in [1.54, 1.807) is 12.4 Å². The van der Waals surface area contributed by atoms with E-state index in [1.165, 1.54) is 0 Å². The summed E-state index contributed by atoms with van der Waals surface area (Å²) in [5, 5.41) is 9.27. The molecular weight excluding hydrogens is 238 g/mol. The van der Waals surface area contributed by atoms with Crippen LogP contribution in [0.2, 0.25) is 0 Å². The molecule has 0 atom stereocenters. The number of pyridine rings is 2. The van der Waals surface area contributed by atoms with Crippen molar-refractivity contribution in [3.05, 3.63) is 51.7 Å². The molecule has 0 fully saturated rings. The highest BCUT2D eigenvalue weighted by atomic mass is 16.1. The van der Waals surface area contributed by atoms with E-state index in [0.29, 0.717) is 0 Å². The van der Waals surface area contributed by atoms with Crippen LogP contribution in [0.1, 0.15) is 29.7 Å². The lowest BCUT2D eigenvalue weighted by atomic mass is 9.87. The van der Waals surface area contributed by atoms with E-state index >= 15 is 0 Å². The maximum Gasteiger partial charge on any atom is 0.266 e. The second-order valence-electron chi connectivity index (χ2n) is 4.72. The number of rotatable bonds is 1. The van der Waals surface area contributed by atoms with E-state index in [2.05, 4.69) is 9.97 Å². The van der Waals surface area contributed by atoms with Crippen molar-refractivity contribution in [2.24, 2.45) is 0 Å². The first kappa shape index (κ1) is 11.7. The fraction of sp³-hybridized carbons (Fsp3) is 0.267. The number of nitrogens with one attached hydrogen (secondary N) is 1. The van der Waals surface area contributed by atoms with Gasteiger partial charge in [-0.3, -0.25) is 9.78 Å². The highest BCUT2D eigenvalue weighted by Crippen LogP contribution is 2.31. The van der Waals surface area contributed by atoms with Crippen LogP contribution in [0.5, 0.6) is 0 Å². The van der Waals surface area contributed by atoms with Gasteiger partial charge < -0.3 is 4.98 Å². The largest absolute Gasteiger partial charge is 0.325 e. The van der Waals surface area contributed by atoms with E-state index < -0.39 is 0 Å². The quantitative estimate of drug-likeness (QED) is 0.844. The van der Waals surface area contributed by atoms with Crippen LogP contribution in [0.3, 0.4) is 0 Å². The highest BCUT2D eigenvalue weighted by Gasteiger charge is 2.20. The molecule has 0 aromatic carbocycles. The van der Waals surface area contributed by atoms with E-state index in [9.17, 15) is 10.1 Å². The molecule has 1 N–H and O–H groups in total. The molecule has 4 nitrogen and oxygen atoms in total. The maximum absolute atomic E-state index is 12.0. The van der Waals surface area contributed by atoms with E-state index in [4.69, 9.17) is 0 Å². The molecule has 0 radical (unpaired) electrons. The summed E-state index contributed by atoms with van der Waals surface area (Å²) in [5.41, 5.74) is 3.62. The van der Waals surface area contributed by atoms with Gasteiger partial charge in [-0.25, -0.2) is 0 Å². The highest BCUT2D eigenvalue weighted by molar-refractivity contribution is 5.73. The number of aromatic nitrogens is 2. The molecule has 0 unspecified atom stereocenters. The van der Waals surface area contributed by atoms with Crippen molar-refractivity contribution in [2.75, 3.05) is 0 Å². The summed E-state index contributed by atoms with van der Waals surface area (Å²) in [6, 6.07) is 5.77. The first-order valence-corrected chi connectivity index (χ1v) is 6.40. The number of H-pyrrole nitrogens is 1. The Labute approximate surface area is 110 Å². The van der Waals surface area contributed by atoms with E-state index in [-0.39, 0.29) is 11.1 Å². The predicted molar refractivity (Wildman–Crippen MR) is 71.7 cm³/mol. The molecule has 1 aliphatic rings. The Hall–Kier alpha value is -2.41. The average molecular weight is 251 g/mol. The van der Waals surface area contributed by atoms with Gasteiger partial charge in [-0.05, 0) is 37.3 Å². The molecule has 4 heteroatoms. The minimum atomic E-state index is -0.290. The van der Waals surface area contributed by atoms with Crippen LogP contribution in [0.4, 0.5) is 0 Å². The smallest absolute Gasteiger partial charge is 0.266 e. The van der Waals surface area contributed by atoms with Gasteiger partial charge in [0.05, 0.1) is 0 Å². The van der Waals surface area contributed by atoms with Crippen LogP contribution in [-0.4, -0.2) is 9.97 Å². The van der Waals surface area contributed by atoms with Crippen LogP contribution in [0.25, 0.3) is 11.1 Å². The molecule has 0 bridgehead atoms. The van der Waals surface area contributed by atoms with Gasteiger partial charge in [0.2, 0.25) is 0 Å². The molecule has 0 aliphatic heterocycles. The molecule has 0 amide bonds. The molecule has 19 heavy (non-hydrogen) atoms. The maximum atomic E-state index is 12.0. The number of aryl methyl sites for hydroxylation is 1. The van der Waals surface area contributed by atoms with Crippen LogP contribution in [-0.2, 0) is 12.8 Å². The number of hydrogen-bond acceptors (Lipinski definition) is 3. The Bertz CT molecular complexity index is 711. The molecule has 3 rings (SSSR count). The summed E-state index contributed by atoms with van der Waals surface area (Å²) in [6.45, 7) is 0. The number of nitriles is 1. The second kappa shape index (κ2) is 4.69.